The molecule has 8 heteroatoms. The molecular weight excluding hydrogens is 442 g/mol. The van der Waals surface area contributed by atoms with E-state index in [1.54, 1.807) is 0 Å². The van der Waals surface area contributed by atoms with E-state index in [1.165, 1.54) is 10.4 Å². The molecule has 34 heavy (non-hydrogen) atoms. The lowest BCUT2D eigenvalue weighted by molar-refractivity contribution is 0.220. The number of hydrogen-bond acceptors (Lipinski definition) is 5. The fourth-order valence-corrected chi connectivity index (χ4v) is 10.9. The molecule has 0 fully saturated rings. The number of nitrogens with two attached hydrogens (primary N) is 1. The van der Waals surface area contributed by atoms with E-state index in [2.05, 4.69) is 101 Å². The summed E-state index contributed by atoms with van der Waals surface area (Å²) in [4.78, 5) is 26.3. The molecule has 0 bridgehead atoms. The van der Waals surface area contributed by atoms with Crippen molar-refractivity contribution in [1.82, 2.24) is 19.9 Å². The van der Waals surface area contributed by atoms with E-state index in [0.717, 1.165) is 12.5 Å². The number of aromatic nitrogens is 4. The quantitative estimate of drug-likeness (QED) is 0.292. The molecule has 5 N–H and O–H groups in total. The van der Waals surface area contributed by atoms with Crippen molar-refractivity contribution in [3.63, 3.8) is 0 Å². The number of nitrogens with zero attached hydrogens (tertiary/aromatic N) is 2. The third-order valence-electron chi connectivity index (χ3n) is 6.91. The molecule has 1 atom stereocenters. The summed E-state index contributed by atoms with van der Waals surface area (Å²) in [5.41, 5.74) is 5.93. The topological polar surface area (TPSA) is 121 Å². The average Bonchev–Trinajstić information content (AvgIpc) is 3.22. The molecule has 0 aliphatic carbocycles. The van der Waals surface area contributed by atoms with Crippen molar-refractivity contribution in [2.24, 2.45) is 5.92 Å². The standard InChI is InChI=1S/C26H33N5O2Si/c1-26(2,3)34(19-10-6-4-7-11-19,20-12-8-5-9-13-20)15-14-18(17-32)16-21-28-22-23(29-21)30-25(27)31-24(22)33/h4-13,18,32H,14-17H2,1-3H3,(H4,27,28,29,30,31,33). The van der Waals surface area contributed by atoms with Crippen molar-refractivity contribution in [3.05, 3.63) is 76.8 Å². The van der Waals surface area contributed by atoms with Gasteiger partial charge in [0.2, 0.25) is 5.95 Å². The fraction of sp³-hybridized carbons (Fsp3) is 0.346. The Balaban J connectivity index is 1.66. The SMILES string of the molecule is CC(C)(C)[Si](CCC(CO)Cc1nc2nc(N)[nH]c(=O)c2[nH]1)(c1ccccc1)c1ccccc1. The Morgan fingerprint density at radius 1 is 0.971 bits per heavy atom. The van der Waals surface area contributed by atoms with Gasteiger partial charge >= 0.3 is 0 Å². The van der Waals surface area contributed by atoms with Crippen LogP contribution in [-0.2, 0) is 6.42 Å². The first-order valence-corrected chi connectivity index (χ1v) is 13.9. The van der Waals surface area contributed by atoms with Crippen LogP contribution in [-0.4, -0.2) is 39.7 Å². The van der Waals surface area contributed by atoms with Crippen LogP contribution in [0.4, 0.5) is 5.95 Å². The smallest absolute Gasteiger partial charge is 0.278 e. The van der Waals surface area contributed by atoms with Crippen LogP contribution < -0.4 is 21.7 Å². The summed E-state index contributed by atoms with van der Waals surface area (Å²) in [6.45, 7) is 7.07. The molecule has 4 aromatic rings. The number of aliphatic hydroxyl groups is 1. The number of nitrogens with one attached hydrogen (secondary N) is 2. The highest BCUT2D eigenvalue weighted by Gasteiger charge is 2.47. The van der Waals surface area contributed by atoms with Crippen LogP contribution in [0.15, 0.2) is 65.5 Å². The van der Waals surface area contributed by atoms with Crippen LogP contribution in [0, 0.1) is 5.92 Å². The Kier molecular flexibility index (Phi) is 6.72. The third kappa shape index (κ3) is 4.56. The molecule has 1 unspecified atom stereocenters. The molecule has 0 radical (unpaired) electrons. The third-order valence-corrected chi connectivity index (χ3v) is 13.1. The second-order valence-corrected chi connectivity index (χ2v) is 15.0. The second-order valence-electron chi connectivity index (χ2n) is 10.0. The molecule has 0 saturated carbocycles. The van der Waals surface area contributed by atoms with Crippen molar-refractivity contribution >= 4 is 35.6 Å². The van der Waals surface area contributed by atoms with Crippen LogP contribution >= 0.6 is 0 Å². The molecular formula is C26H33N5O2Si. The number of anilines is 1. The van der Waals surface area contributed by atoms with Crippen molar-refractivity contribution in [2.75, 3.05) is 12.3 Å². The monoisotopic (exact) mass is 475 g/mol. The minimum absolute atomic E-state index is 0.00126. The Morgan fingerprint density at radius 2 is 1.56 bits per heavy atom. The van der Waals surface area contributed by atoms with Crippen LogP contribution in [0.1, 0.15) is 33.0 Å². The first kappa shape index (κ1) is 23.9. The Morgan fingerprint density at radius 3 is 2.09 bits per heavy atom. The molecule has 178 valence electrons. The number of aliphatic hydroxyl groups excluding tert-OH is 1. The fourth-order valence-electron chi connectivity index (χ4n) is 5.16. The lowest BCUT2D eigenvalue weighted by Crippen LogP contribution is -2.64. The minimum Gasteiger partial charge on any atom is -0.396 e. The number of hydrogen-bond donors (Lipinski definition) is 4. The van der Waals surface area contributed by atoms with E-state index in [4.69, 9.17) is 5.73 Å². The number of imidazole rings is 1. The van der Waals surface area contributed by atoms with Gasteiger partial charge in [0.15, 0.2) is 11.2 Å². The van der Waals surface area contributed by atoms with Crippen LogP contribution in [0.3, 0.4) is 0 Å². The summed E-state index contributed by atoms with van der Waals surface area (Å²) in [6.07, 6.45) is 1.37. The number of H-pyrrole nitrogens is 2. The minimum atomic E-state index is -2.22. The molecule has 4 rings (SSSR count). The number of rotatable bonds is 8. The van der Waals surface area contributed by atoms with Crippen LogP contribution in [0.5, 0.6) is 0 Å². The van der Waals surface area contributed by atoms with Gasteiger partial charge in [0.05, 0.1) is 0 Å². The molecule has 0 aliphatic rings. The van der Waals surface area contributed by atoms with Gasteiger partial charge in [0.1, 0.15) is 13.9 Å². The van der Waals surface area contributed by atoms with Gasteiger partial charge < -0.3 is 15.8 Å². The molecule has 2 aromatic heterocycles. The highest BCUT2D eigenvalue weighted by molar-refractivity contribution is 7.04. The van der Waals surface area contributed by atoms with Crippen molar-refractivity contribution in [2.45, 2.75) is 44.7 Å². The molecule has 7 nitrogen and oxygen atoms in total. The second kappa shape index (κ2) is 9.56. The Bertz CT molecular complexity index is 1260. The maximum Gasteiger partial charge on any atom is 0.278 e. The molecule has 0 amide bonds. The summed E-state index contributed by atoms with van der Waals surface area (Å²) >= 11 is 0. The van der Waals surface area contributed by atoms with Crippen LogP contribution in [0.2, 0.25) is 11.1 Å². The molecule has 0 spiro atoms. The van der Waals surface area contributed by atoms with Gasteiger partial charge in [-0.2, -0.15) is 4.98 Å². The lowest BCUT2D eigenvalue weighted by Gasteiger charge is -2.45. The maximum atomic E-state index is 12.2. The van der Waals surface area contributed by atoms with Crippen molar-refractivity contribution in [3.8, 4) is 0 Å². The van der Waals surface area contributed by atoms with Gasteiger partial charge in [-0.25, -0.2) is 4.98 Å². The largest absolute Gasteiger partial charge is 0.396 e. The molecule has 0 aliphatic heterocycles. The van der Waals surface area contributed by atoms with E-state index in [9.17, 15) is 9.90 Å². The molecule has 2 aromatic carbocycles. The van der Waals surface area contributed by atoms with E-state index in [-0.39, 0.29) is 29.1 Å². The Hall–Kier alpha value is -3.23. The zero-order valence-electron chi connectivity index (χ0n) is 20.0. The predicted molar refractivity (Wildman–Crippen MR) is 140 cm³/mol. The summed E-state index contributed by atoms with van der Waals surface area (Å²) in [5.74, 6) is 0.680. The van der Waals surface area contributed by atoms with Gasteiger partial charge in [0, 0.05) is 13.0 Å². The van der Waals surface area contributed by atoms with E-state index in [0.29, 0.717) is 23.4 Å². The summed E-state index contributed by atoms with van der Waals surface area (Å²) in [5, 5.41) is 13.1. The summed E-state index contributed by atoms with van der Waals surface area (Å²) in [6, 6.07) is 22.7. The Labute approximate surface area is 200 Å². The first-order chi connectivity index (χ1) is 16.2. The highest BCUT2D eigenvalue weighted by atomic mass is 28.3. The van der Waals surface area contributed by atoms with E-state index >= 15 is 0 Å². The summed E-state index contributed by atoms with van der Waals surface area (Å²) < 4.78 is 0. The maximum absolute atomic E-state index is 12.2. The van der Waals surface area contributed by atoms with E-state index < -0.39 is 8.07 Å². The van der Waals surface area contributed by atoms with Gasteiger partial charge in [-0.1, -0.05) is 91.8 Å². The van der Waals surface area contributed by atoms with Crippen LogP contribution in [0.25, 0.3) is 11.2 Å². The average molecular weight is 476 g/mol. The van der Waals surface area contributed by atoms with E-state index in [1.807, 2.05) is 0 Å². The number of fused-ring (bicyclic) bond motifs is 1. The number of benzene rings is 2. The molecule has 2 heterocycles. The zero-order chi connectivity index (χ0) is 24.3. The zero-order valence-corrected chi connectivity index (χ0v) is 21.0. The number of nitrogen functional groups attached to an aromatic ring is 1. The van der Waals surface area contributed by atoms with Crippen molar-refractivity contribution < 1.29 is 5.11 Å². The lowest BCUT2D eigenvalue weighted by atomic mass is 10.0. The summed E-state index contributed by atoms with van der Waals surface area (Å²) in [7, 11) is -2.22. The predicted octanol–water partition coefficient (Wildman–Crippen LogP) is 2.83. The van der Waals surface area contributed by atoms with Gasteiger partial charge in [0.25, 0.3) is 5.56 Å². The van der Waals surface area contributed by atoms with Gasteiger partial charge in [-0.05, 0) is 23.4 Å². The molecule has 0 saturated heterocycles. The first-order valence-electron chi connectivity index (χ1n) is 11.7. The van der Waals surface area contributed by atoms with Gasteiger partial charge in [-0.3, -0.25) is 9.78 Å². The number of aromatic amines is 2. The van der Waals surface area contributed by atoms with Gasteiger partial charge in [-0.15, -0.1) is 0 Å². The highest BCUT2D eigenvalue weighted by Crippen LogP contribution is 2.40. The van der Waals surface area contributed by atoms with Crippen molar-refractivity contribution in [1.29, 1.82) is 0 Å². The normalized spacial score (nSPS) is 13.3.